The van der Waals surface area contributed by atoms with Crippen LogP contribution in [0.3, 0.4) is 0 Å². The second kappa shape index (κ2) is 5.98. The molecule has 1 aliphatic rings. The van der Waals surface area contributed by atoms with E-state index in [1.165, 1.54) is 0 Å². The van der Waals surface area contributed by atoms with E-state index in [0.29, 0.717) is 23.7 Å². The van der Waals surface area contributed by atoms with Crippen molar-refractivity contribution in [2.24, 2.45) is 11.1 Å². The summed E-state index contributed by atoms with van der Waals surface area (Å²) < 4.78 is 1.67. The fraction of sp³-hybridized carbons (Fsp3) is 0.412. The Morgan fingerprint density at radius 3 is 2.91 bits per heavy atom. The van der Waals surface area contributed by atoms with Crippen LogP contribution in [0.1, 0.15) is 30.6 Å². The average Bonchev–Trinajstić information content (AvgIpc) is 2.99. The quantitative estimate of drug-likeness (QED) is 0.919. The fourth-order valence-corrected chi connectivity index (χ4v) is 3.11. The molecule has 1 saturated heterocycles. The first-order valence-electron chi connectivity index (χ1n) is 7.72. The maximum atomic E-state index is 12.7. The highest BCUT2D eigenvalue weighted by Crippen LogP contribution is 2.28. The van der Waals surface area contributed by atoms with E-state index in [-0.39, 0.29) is 17.4 Å². The second-order valence-electron chi connectivity index (χ2n) is 6.76. The summed E-state index contributed by atoms with van der Waals surface area (Å²) in [5.41, 5.74) is 7.48. The van der Waals surface area contributed by atoms with Crippen LogP contribution >= 0.6 is 11.6 Å². The van der Waals surface area contributed by atoms with Gasteiger partial charge in [0.25, 0.3) is 5.91 Å². The monoisotopic (exact) mass is 332 g/mol. The predicted molar refractivity (Wildman–Crippen MR) is 90.9 cm³/mol. The van der Waals surface area contributed by atoms with Crippen LogP contribution in [0.2, 0.25) is 5.02 Å². The van der Waals surface area contributed by atoms with Gasteiger partial charge >= 0.3 is 0 Å². The summed E-state index contributed by atoms with van der Waals surface area (Å²) in [4.78, 5) is 14.6. The van der Waals surface area contributed by atoms with Gasteiger partial charge in [0, 0.05) is 30.4 Å². The third-order valence-corrected chi connectivity index (χ3v) is 4.74. The van der Waals surface area contributed by atoms with Crippen molar-refractivity contribution < 1.29 is 4.79 Å². The highest BCUT2D eigenvalue weighted by molar-refractivity contribution is 6.30. The number of rotatable bonds is 2. The Morgan fingerprint density at radius 1 is 1.43 bits per heavy atom. The van der Waals surface area contributed by atoms with Crippen LogP contribution in [0, 0.1) is 5.41 Å². The number of nitrogens with zero attached hydrogens (tertiary/aromatic N) is 3. The summed E-state index contributed by atoms with van der Waals surface area (Å²) in [7, 11) is 0. The lowest BCUT2D eigenvalue weighted by Gasteiger charge is -2.42. The lowest BCUT2D eigenvalue weighted by Crippen LogP contribution is -2.53. The number of benzene rings is 1. The Morgan fingerprint density at radius 2 is 2.22 bits per heavy atom. The normalized spacial score (nSPS) is 20.5. The van der Waals surface area contributed by atoms with E-state index < -0.39 is 0 Å². The number of piperidine rings is 1. The van der Waals surface area contributed by atoms with E-state index in [0.717, 1.165) is 12.1 Å². The molecule has 2 heterocycles. The zero-order valence-corrected chi connectivity index (χ0v) is 14.1. The summed E-state index contributed by atoms with van der Waals surface area (Å²) in [5.74, 6) is -0.00162. The number of likely N-dealkylation sites (tertiary alicyclic amines) is 1. The van der Waals surface area contributed by atoms with Crippen LogP contribution in [0.25, 0.3) is 5.69 Å². The zero-order chi connectivity index (χ0) is 16.6. The van der Waals surface area contributed by atoms with Crippen molar-refractivity contribution in [3.05, 3.63) is 47.2 Å². The molecule has 0 radical (unpaired) electrons. The van der Waals surface area contributed by atoms with Gasteiger partial charge in [-0.15, -0.1) is 0 Å². The number of nitrogens with two attached hydrogens (primary N) is 1. The highest BCUT2D eigenvalue weighted by atomic mass is 35.5. The standard InChI is InChI=1S/C17H21ClN4O/c1-17(2)11-21(7-6-15(17)19)16(23)12-9-20-22(10-12)14-5-3-4-13(18)8-14/h3-5,8-10,15H,6-7,11,19H2,1-2H3. The lowest BCUT2D eigenvalue weighted by atomic mass is 9.79. The fourth-order valence-electron chi connectivity index (χ4n) is 2.92. The molecule has 2 aromatic rings. The molecule has 0 bridgehead atoms. The van der Waals surface area contributed by atoms with Crippen LogP contribution in [0.5, 0.6) is 0 Å². The number of halogens is 1. The Hall–Kier alpha value is -1.85. The van der Waals surface area contributed by atoms with Gasteiger partial charge in [0.15, 0.2) is 0 Å². The van der Waals surface area contributed by atoms with Crippen LogP contribution in [0.4, 0.5) is 0 Å². The van der Waals surface area contributed by atoms with Gasteiger partial charge in [-0.1, -0.05) is 31.5 Å². The summed E-state index contributed by atoms with van der Waals surface area (Å²) in [5, 5.41) is 4.92. The number of hydrogen-bond donors (Lipinski definition) is 1. The van der Waals surface area contributed by atoms with Gasteiger partial charge in [0.2, 0.25) is 0 Å². The molecule has 1 aromatic heterocycles. The van der Waals surface area contributed by atoms with Crippen molar-refractivity contribution >= 4 is 17.5 Å². The Kier molecular flexibility index (Phi) is 4.17. The van der Waals surface area contributed by atoms with Crippen molar-refractivity contribution in [2.75, 3.05) is 13.1 Å². The van der Waals surface area contributed by atoms with Crippen molar-refractivity contribution in [1.29, 1.82) is 0 Å². The van der Waals surface area contributed by atoms with Crippen molar-refractivity contribution in [3.63, 3.8) is 0 Å². The largest absolute Gasteiger partial charge is 0.338 e. The van der Waals surface area contributed by atoms with Crippen LogP contribution in [-0.2, 0) is 0 Å². The van der Waals surface area contributed by atoms with Crippen molar-refractivity contribution in [2.45, 2.75) is 26.3 Å². The van der Waals surface area contributed by atoms with Gasteiger partial charge in [-0.2, -0.15) is 5.10 Å². The average molecular weight is 333 g/mol. The minimum atomic E-state index is -0.0726. The molecule has 1 fully saturated rings. The first-order chi connectivity index (χ1) is 10.9. The molecule has 1 unspecified atom stereocenters. The molecular weight excluding hydrogens is 312 g/mol. The minimum Gasteiger partial charge on any atom is -0.338 e. The Labute approximate surface area is 141 Å². The van der Waals surface area contributed by atoms with Gasteiger partial charge in [-0.3, -0.25) is 4.79 Å². The summed E-state index contributed by atoms with van der Waals surface area (Å²) >= 11 is 6.00. The lowest BCUT2D eigenvalue weighted by molar-refractivity contribution is 0.0533. The van der Waals surface area contributed by atoms with Gasteiger partial charge in [-0.05, 0) is 30.0 Å². The van der Waals surface area contributed by atoms with E-state index in [1.807, 2.05) is 23.1 Å². The molecule has 122 valence electrons. The van der Waals surface area contributed by atoms with Crippen molar-refractivity contribution in [3.8, 4) is 5.69 Å². The third kappa shape index (κ3) is 3.26. The maximum Gasteiger partial charge on any atom is 0.257 e. The third-order valence-electron chi connectivity index (χ3n) is 4.50. The summed E-state index contributed by atoms with van der Waals surface area (Å²) in [6, 6.07) is 7.50. The number of carbonyl (C=O) groups excluding carboxylic acids is 1. The molecule has 0 spiro atoms. The van der Waals surface area contributed by atoms with Crippen molar-refractivity contribution in [1.82, 2.24) is 14.7 Å². The number of aromatic nitrogens is 2. The van der Waals surface area contributed by atoms with E-state index in [1.54, 1.807) is 23.1 Å². The minimum absolute atomic E-state index is 0.00162. The zero-order valence-electron chi connectivity index (χ0n) is 13.4. The Bertz CT molecular complexity index is 725. The molecule has 6 heteroatoms. The van der Waals surface area contributed by atoms with Crippen LogP contribution in [0.15, 0.2) is 36.7 Å². The first-order valence-corrected chi connectivity index (χ1v) is 8.10. The van der Waals surface area contributed by atoms with Crippen LogP contribution < -0.4 is 5.73 Å². The van der Waals surface area contributed by atoms with Crippen LogP contribution in [-0.4, -0.2) is 39.7 Å². The molecule has 23 heavy (non-hydrogen) atoms. The molecule has 3 rings (SSSR count). The molecule has 1 aliphatic heterocycles. The van der Waals surface area contributed by atoms with E-state index in [4.69, 9.17) is 17.3 Å². The topological polar surface area (TPSA) is 64.2 Å². The molecule has 0 saturated carbocycles. The van der Waals surface area contributed by atoms with Gasteiger partial charge < -0.3 is 10.6 Å². The molecule has 1 amide bonds. The second-order valence-corrected chi connectivity index (χ2v) is 7.20. The van der Waals surface area contributed by atoms with Gasteiger partial charge in [0.1, 0.15) is 0 Å². The number of hydrogen-bond acceptors (Lipinski definition) is 3. The molecule has 0 aliphatic carbocycles. The molecule has 5 nitrogen and oxygen atoms in total. The number of carbonyl (C=O) groups is 1. The summed E-state index contributed by atoms with van der Waals surface area (Å²) in [6.45, 7) is 5.56. The molecular formula is C17H21ClN4O. The molecule has 2 N–H and O–H groups in total. The number of amides is 1. The molecule has 1 aromatic carbocycles. The molecule has 1 atom stereocenters. The van der Waals surface area contributed by atoms with Gasteiger partial charge in [-0.25, -0.2) is 4.68 Å². The van der Waals surface area contributed by atoms with E-state index in [9.17, 15) is 4.79 Å². The predicted octanol–water partition coefficient (Wildman–Crippen LogP) is 2.73. The van der Waals surface area contributed by atoms with E-state index in [2.05, 4.69) is 18.9 Å². The highest BCUT2D eigenvalue weighted by Gasteiger charge is 2.35. The first kappa shape index (κ1) is 16.0. The Balaban J connectivity index is 1.79. The van der Waals surface area contributed by atoms with Gasteiger partial charge in [0.05, 0.1) is 17.4 Å². The summed E-state index contributed by atoms with van der Waals surface area (Å²) in [6.07, 6.45) is 4.17. The van der Waals surface area contributed by atoms with E-state index >= 15 is 0 Å². The maximum absolute atomic E-state index is 12.7. The SMILES string of the molecule is CC1(C)CN(C(=O)c2cnn(-c3cccc(Cl)c3)c2)CCC1N. The smallest absolute Gasteiger partial charge is 0.257 e.